The molecule has 2 aliphatic heterocycles. The number of carbonyl (C=O) groups excluding carboxylic acids is 3. The first-order chi connectivity index (χ1) is 21.5. The Morgan fingerprint density at radius 3 is 1.85 bits per heavy atom. The summed E-state index contributed by atoms with van der Waals surface area (Å²) in [5.41, 5.74) is -2.69. The average molecular weight is 651 g/mol. The fraction of sp³-hybridized carbons (Fsp3) is 0.344. The first-order valence-corrected chi connectivity index (χ1v) is 14.2. The molecule has 244 valence electrons. The molecular weight excluding hydrogens is 621 g/mol. The SMILES string of the molecule is CN(C(=O)N(C)[C@@H]1CN(C(=O)C2CN(C(=O)c3ccccc3)C2)C[C@H]1c1ccc(F)cc1)c1cc(C(F)(F)F)cc(C(F)(F)F)c1. The molecule has 3 aromatic carbocycles. The molecule has 2 atom stereocenters. The highest BCUT2D eigenvalue weighted by Crippen LogP contribution is 2.39. The van der Waals surface area contributed by atoms with E-state index in [1.54, 1.807) is 30.3 Å². The van der Waals surface area contributed by atoms with Crippen molar-refractivity contribution >= 4 is 23.5 Å². The van der Waals surface area contributed by atoms with Crippen LogP contribution >= 0.6 is 0 Å². The zero-order valence-electron chi connectivity index (χ0n) is 24.6. The van der Waals surface area contributed by atoms with Gasteiger partial charge in [0.05, 0.1) is 23.1 Å². The smallest absolute Gasteiger partial charge is 0.340 e. The molecule has 2 saturated heterocycles. The van der Waals surface area contributed by atoms with Gasteiger partial charge in [-0.05, 0) is 48.0 Å². The standard InChI is InChI=1S/C32H29F7N4O3/c1-40(25-13-22(31(34,35)36)12-23(14-25)32(37,38)39)30(46)41(2)27-18-43(17-26(27)19-8-10-24(33)11-9-19)29(45)21-15-42(16-21)28(44)20-6-4-3-5-7-20/h3-14,21,26-27H,15-18H2,1-2H3/t26-,27+/m0/s1. The van der Waals surface area contributed by atoms with Gasteiger partial charge in [-0.25, -0.2) is 9.18 Å². The van der Waals surface area contributed by atoms with Crippen LogP contribution in [0.25, 0.3) is 0 Å². The zero-order chi connectivity index (χ0) is 33.6. The Balaban J connectivity index is 1.36. The molecule has 14 heteroatoms. The second-order valence-electron chi connectivity index (χ2n) is 11.5. The summed E-state index contributed by atoms with van der Waals surface area (Å²) in [5, 5.41) is 0. The Kier molecular flexibility index (Phi) is 8.75. The van der Waals surface area contributed by atoms with E-state index in [1.165, 1.54) is 46.0 Å². The van der Waals surface area contributed by atoms with E-state index in [1.807, 2.05) is 0 Å². The van der Waals surface area contributed by atoms with Crippen LogP contribution in [0.3, 0.4) is 0 Å². The predicted molar refractivity (Wildman–Crippen MR) is 153 cm³/mol. The normalized spacial score (nSPS) is 18.7. The number of hydrogen-bond acceptors (Lipinski definition) is 3. The zero-order valence-corrected chi connectivity index (χ0v) is 24.6. The van der Waals surface area contributed by atoms with E-state index in [2.05, 4.69) is 0 Å². The van der Waals surface area contributed by atoms with Gasteiger partial charge in [-0.15, -0.1) is 0 Å². The summed E-state index contributed by atoms with van der Waals surface area (Å²) < 4.78 is 94.6. The van der Waals surface area contributed by atoms with Gasteiger partial charge >= 0.3 is 18.4 Å². The molecule has 0 unspecified atom stereocenters. The third kappa shape index (κ3) is 6.65. The average Bonchev–Trinajstić information content (AvgIpc) is 3.44. The molecule has 0 spiro atoms. The second-order valence-corrected chi connectivity index (χ2v) is 11.5. The molecule has 5 rings (SSSR count). The lowest BCUT2D eigenvalue weighted by molar-refractivity contribution is -0.143. The molecule has 3 aromatic rings. The van der Waals surface area contributed by atoms with Gasteiger partial charge in [0.25, 0.3) is 5.91 Å². The molecule has 4 amide bonds. The molecule has 0 saturated carbocycles. The predicted octanol–water partition coefficient (Wildman–Crippen LogP) is 6.12. The first kappa shape index (κ1) is 32.8. The highest BCUT2D eigenvalue weighted by atomic mass is 19.4. The van der Waals surface area contributed by atoms with Crippen LogP contribution in [-0.2, 0) is 17.1 Å². The number of benzene rings is 3. The second kappa shape index (κ2) is 12.3. The molecule has 0 aliphatic carbocycles. The maximum Gasteiger partial charge on any atom is 0.416 e. The topological polar surface area (TPSA) is 64.2 Å². The van der Waals surface area contributed by atoms with Gasteiger partial charge in [0, 0.05) is 57.4 Å². The quantitative estimate of drug-likeness (QED) is 0.313. The monoisotopic (exact) mass is 650 g/mol. The summed E-state index contributed by atoms with van der Waals surface area (Å²) in [6.07, 6.45) is -10.2. The molecular formula is C32H29F7N4O3. The van der Waals surface area contributed by atoms with Crippen molar-refractivity contribution in [2.75, 3.05) is 45.2 Å². The van der Waals surface area contributed by atoms with Crippen molar-refractivity contribution in [3.63, 3.8) is 0 Å². The summed E-state index contributed by atoms with van der Waals surface area (Å²) in [6, 6.07) is 13.2. The Hall–Kier alpha value is -4.62. The van der Waals surface area contributed by atoms with Gasteiger partial charge in [0.15, 0.2) is 0 Å². The van der Waals surface area contributed by atoms with Crippen LogP contribution in [0.4, 0.5) is 41.2 Å². The number of hydrogen-bond donors (Lipinski definition) is 0. The Morgan fingerprint density at radius 2 is 1.30 bits per heavy atom. The van der Waals surface area contributed by atoms with E-state index in [9.17, 15) is 45.1 Å². The molecule has 0 N–H and O–H groups in total. The van der Waals surface area contributed by atoms with Crippen molar-refractivity contribution in [2.45, 2.75) is 24.3 Å². The number of likely N-dealkylation sites (tertiary alicyclic amines) is 2. The fourth-order valence-corrected chi connectivity index (χ4v) is 5.84. The minimum Gasteiger partial charge on any atom is -0.340 e. The van der Waals surface area contributed by atoms with Gasteiger partial charge in [-0.2, -0.15) is 26.3 Å². The number of urea groups is 1. The lowest BCUT2D eigenvalue weighted by Gasteiger charge is -2.40. The first-order valence-electron chi connectivity index (χ1n) is 14.2. The van der Waals surface area contributed by atoms with Gasteiger partial charge < -0.3 is 14.7 Å². The number of nitrogens with zero attached hydrogens (tertiary/aromatic N) is 4. The number of amides is 4. The van der Waals surface area contributed by atoms with Crippen molar-refractivity contribution in [3.05, 3.63) is 101 Å². The van der Waals surface area contributed by atoms with Crippen LogP contribution in [0.1, 0.15) is 33.0 Å². The van der Waals surface area contributed by atoms with E-state index in [-0.39, 0.29) is 44.1 Å². The highest BCUT2D eigenvalue weighted by molar-refractivity contribution is 5.96. The molecule has 0 radical (unpaired) electrons. The van der Waals surface area contributed by atoms with Crippen molar-refractivity contribution in [2.24, 2.45) is 5.92 Å². The number of halogens is 7. The van der Waals surface area contributed by atoms with Gasteiger partial charge in [0.2, 0.25) is 5.91 Å². The minimum absolute atomic E-state index is 0.00349. The van der Waals surface area contributed by atoms with Crippen LogP contribution in [0, 0.1) is 11.7 Å². The molecule has 46 heavy (non-hydrogen) atoms. The Morgan fingerprint density at radius 1 is 0.739 bits per heavy atom. The summed E-state index contributed by atoms with van der Waals surface area (Å²) in [7, 11) is 2.40. The van der Waals surface area contributed by atoms with Crippen molar-refractivity contribution in [1.82, 2.24) is 14.7 Å². The van der Waals surface area contributed by atoms with E-state index in [0.717, 1.165) is 7.05 Å². The van der Waals surface area contributed by atoms with Crippen LogP contribution in [0.2, 0.25) is 0 Å². The maximum absolute atomic E-state index is 13.7. The fourth-order valence-electron chi connectivity index (χ4n) is 5.84. The van der Waals surface area contributed by atoms with Crippen molar-refractivity contribution in [3.8, 4) is 0 Å². The largest absolute Gasteiger partial charge is 0.416 e. The Bertz CT molecular complexity index is 1570. The van der Waals surface area contributed by atoms with Crippen molar-refractivity contribution < 1.29 is 45.1 Å². The summed E-state index contributed by atoms with van der Waals surface area (Å²) in [6.45, 7) is 0.477. The minimum atomic E-state index is -5.10. The third-order valence-electron chi connectivity index (χ3n) is 8.48. The van der Waals surface area contributed by atoms with Gasteiger partial charge in [0.1, 0.15) is 5.82 Å². The highest BCUT2D eigenvalue weighted by Gasteiger charge is 2.45. The molecule has 2 aliphatic rings. The number of likely N-dealkylation sites (N-methyl/N-ethyl adjacent to an activating group) is 1. The molecule has 7 nitrogen and oxygen atoms in total. The number of rotatable bonds is 5. The van der Waals surface area contributed by atoms with E-state index in [4.69, 9.17) is 0 Å². The lowest BCUT2D eigenvalue weighted by Crippen LogP contribution is -2.56. The molecule has 2 fully saturated rings. The lowest BCUT2D eigenvalue weighted by atomic mass is 9.93. The van der Waals surface area contributed by atoms with E-state index >= 15 is 0 Å². The van der Waals surface area contributed by atoms with Crippen LogP contribution in [0.15, 0.2) is 72.8 Å². The summed E-state index contributed by atoms with van der Waals surface area (Å²) in [5.74, 6) is -2.06. The van der Waals surface area contributed by atoms with E-state index in [0.29, 0.717) is 28.2 Å². The van der Waals surface area contributed by atoms with Gasteiger partial charge in [-0.3, -0.25) is 14.5 Å². The third-order valence-corrected chi connectivity index (χ3v) is 8.48. The van der Waals surface area contributed by atoms with Gasteiger partial charge in [-0.1, -0.05) is 30.3 Å². The van der Waals surface area contributed by atoms with Crippen LogP contribution < -0.4 is 4.90 Å². The maximum atomic E-state index is 13.7. The number of alkyl halides is 6. The van der Waals surface area contributed by atoms with Crippen molar-refractivity contribution in [1.29, 1.82) is 0 Å². The van der Waals surface area contributed by atoms with Crippen LogP contribution in [0.5, 0.6) is 0 Å². The number of anilines is 1. The molecule has 2 heterocycles. The van der Waals surface area contributed by atoms with E-state index < -0.39 is 58.9 Å². The van der Waals surface area contributed by atoms with Crippen LogP contribution in [-0.4, -0.2) is 78.9 Å². The Labute approximate surface area is 259 Å². The molecule has 0 aromatic heterocycles. The number of carbonyl (C=O) groups is 3. The summed E-state index contributed by atoms with van der Waals surface area (Å²) >= 11 is 0. The molecule has 0 bridgehead atoms. The summed E-state index contributed by atoms with van der Waals surface area (Å²) in [4.78, 5) is 44.8.